The molecular weight excluding hydrogens is 176 g/mol. The molecule has 0 aliphatic heterocycles. The Kier molecular flexibility index (Phi) is 3.68. The number of allylic oxidation sites excluding steroid dienone is 2. The van der Waals surface area contributed by atoms with Crippen molar-refractivity contribution in [1.82, 2.24) is 0 Å². The van der Waals surface area contributed by atoms with Crippen molar-refractivity contribution in [2.75, 3.05) is 0 Å². The Morgan fingerprint density at radius 1 is 1.21 bits per heavy atom. The normalized spacial score (nSPS) is 11.9. The molecule has 0 bridgehead atoms. The third-order valence-corrected chi connectivity index (χ3v) is 1.68. The number of hydrogen-bond donors (Lipinski definition) is 1. The Hall–Kier alpha value is -1.83. The molecule has 0 spiro atoms. The minimum absolute atomic E-state index is 0.915. The van der Waals surface area contributed by atoms with Crippen molar-refractivity contribution in [2.45, 2.75) is 6.92 Å². The van der Waals surface area contributed by atoms with Crippen LogP contribution in [0.2, 0.25) is 0 Å². The van der Waals surface area contributed by atoms with Crippen LogP contribution >= 0.6 is 0 Å². The lowest BCUT2D eigenvalue weighted by molar-refractivity contribution is -0.131. The summed E-state index contributed by atoms with van der Waals surface area (Å²) in [6, 6.07) is 9.77. The summed E-state index contributed by atoms with van der Waals surface area (Å²) in [6.45, 7) is 1.87. The van der Waals surface area contributed by atoms with E-state index in [1.807, 2.05) is 43.3 Å². The average Bonchev–Trinajstić information content (AvgIpc) is 2.16. The lowest BCUT2D eigenvalue weighted by atomic mass is 10.1. The highest BCUT2D eigenvalue weighted by Crippen LogP contribution is 2.06. The van der Waals surface area contributed by atoms with E-state index in [1.54, 1.807) is 6.08 Å². The number of benzene rings is 1. The van der Waals surface area contributed by atoms with Crippen molar-refractivity contribution in [3.63, 3.8) is 0 Å². The second-order valence-corrected chi connectivity index (χ2v) is 2.97. The molecule has 0 aliphatic rings. The first kappa shape index (κ1) is 10.3. The van der Waals surface area contributed by atoms with Crippen LogP contribution in [-0.4, -0.2) is 11.1 Å². The first-order valence-electron chi connectivity index (χ1n) is 4.33. The molecule has 0 saturated carbocycles. The van der Waals surface area contributed by atoms with Gasteiger partial charge in [-0.1, -0.05) is 48.1 Å². The van der Waals surface area contributed by atoms with Crippen molar-refractivity contribution in [2.24, 2.45) is 0 Å². The number of rotatable bonds is 3. The summed E-state index contributed by atoms with van der Waals surface area (Å²) >= 11 is 0. The van der Waals surface area contributed by atoms with E-state index in [4.69, 9.17) is 5.11 Å². The molecule has 72 valence electrons. The van der Waals surface area contributed by atoms with Gasteiger partial charge < -0.3 is 5.11 Å². The number of aliphatic carboxylic acids is 1. The average molecular weight is 188 g/mol. The molecule has 0 fully saturated rings. The first-order valence-corrected chi connectivity index (χ1v) is 4.33. The summed E-state index contributed by atoms with van der Waals surface area (Å²) in [5.74, 6) is -0.925. The highest BCUT2D eigenvalue weighted by Gasteiger charge is 1.88. The van der Waals surface area contributed by atoms with Crippen LogP contribution in [-0.2, 0) is 4.79 Å². The fraction of sp³-hybridized carbons (Fsp3) is 0.0833. The summed E-state index contributed by atoms with van der Waals surface area (Å²) in [7, 11) is 0. The van der Waals surface area contributed by atoms with Gasteiger partial charge in [-0.3, -0.25) is 0 Å². The highest BCUT2D eigenvalue weighted by molar-refractivity contribution is 5.80. The molecule has 2 heteroatoms. The summed E-state index contributed by atoms with van der Waals surface area (Å²) in [4.78, 5) is 10.2. The van der Waals surface area contributed by atoms with E-state index in [0.29, 0.717) is 0 Å². The van der Waals surface area contributed by atoms with Gasteiger partial charge in [0, 0.05) is 6.08 Å². The van der Waals surface area contributed by atoms with E-state index < -0.39 is 5.97 Å². The zero-order valence-electron chi connectivity index (χ0n) is 7.97. The van der Waals surface area contributed by atoms with Gasteiger partial charge in [0.2, 0.25) is 0 Å². The minimum atomic E-state index is -0.925. The molecule has 0 saturated heterocycles. The summed E-state index contributed by atoms with van der Waals surface area (Å²) in [5, 5.41) is 8.41. The van der Waals surface area contributed by atoms with Gasteiger partial charge in [-0.2, -0.15) is 0 Å². The second-order valence-electron chi connectivity index (χ2n) is 2.97. The molecule has 1 aromatic carbocycles. The molecule has 0 heterocycles. The maximum atomic E-state index is 10.2. The summed E-state index contributed by atoms with van der Waals surface area (Å²) in [5.41, 5.74) is 1.98. The Labute approximate surface area is 83.2 Å². The van der Waals surface area contributed by atoms with Crippen molar-refractivity contribution in [1.29, 1.82) is 0 Å². The van der Waals surface area contributed by atoms with Crippen molar-refractivity contribution >= 4 is 12.0 Å². The van der Waals surface area contributed by atoms with Crippen LogP contribution < -0.4 is 0 Å². The smallest absolute Gasteiger partial charge is 0.328 e. The number of hydrogen-bond acceptors (Lipinski definition) is 1. The SMILES string of the molecule is CC(C=CC(=O)O)=Cc1ccccc1. The molecule has 0 aliphatic carbocycles. The van der Waals surface area contributed by atoms with Gasteiger partial charge in [0.15, 0.2) is 0 Å². The highest BCUT2D eigenvalue weighted by atomic mass is 16.4. The maximum absolute atomic E-state index is 10.2. The monoisotopic (exact) mass is 188 g/mol. The molecule has 0 aromatic heterocycles. The molecule has 0 amide bonds. The summed E-state index contributed by atoms with van der Waals surface area (Å²) < 4.78 is 0. The second kappa shape index (κ2) is 5.02. The van der Waals surface area contributed by atoms with Gasteiger partial charge in [-0.05, 0) is 12.5 Å². The zero-order valence-corrected chi connectivity index (χ0v) is 7.97. The number of carboxylic acid groups (broad SMARTS) is 1. The molecule has 0 atom stereocenters. The van der Waals surface area contributed by atoms with E-state index in [-0.39, 0.29) is 0 Å². The molecule has 0 unspecified atom stereocenters. The topological polar surface area (TPSA) is 37.3 Å². The Bertz CT molecular complexity index is 361. The first-order chi connectivity index (χ1) is 6.68. The van der Waals surface area contributed by atoms with Crippen LogP contribution in [0.3, 0.4) is 0 Å². The predicted molar refractivity (Wildman–Crippen MR) is 56.9 cm³/mol. The van der Waals surface area contributed by atoms with Crippen LogP contribution in [0.4, 0.5) is 0 Å². The third-order valence-electron chi connectivity index (χ3n) is 1.68. The van der Waals surface area contributed by atoms with Gasteiger partial charge in [0.25, 0.3) is 0 Å². The van der Waals surface area contributed by atoms with Crippen LogP contribution in [0.15, 0.2) is 48.1 Å². The third kappa shape index (κ3) is 3.72. The largest absolute Gasteiger partial charge is 0.478 e. The van der Waals surface area contributed by atoms with E-state index in [2.05, 4.69) is 0 Å². The van der Waals surface area contributed by atoms with Gasteiger partial charge in [-0.25, -0.2) is 4.79 Å². The quantitative estimate of drug-likeness (QED) is 0.585. The van der Waals surface area contributed by atoms with Crippen LogP contribution in [0.25, 0.3) is 6.08 Å². The molecule has 14 heavy (non-hydrogen) atoms. The van der Waals surface area contributed by atoms with Gasteiger partial charge in [-0.15, -0.1) is 0 Å². The van der Waals surface area contributed by atoms with Crippen molar-refractivity contribution < 1.29 is 9.90 Å². The standard InChI is InChI=1S/C12H12O2/c1-10(7-8-12(13)14)9-11-5-3-2-4-6-11/h2-9H,1H3,(H,13,14). The van der Waals surface area contributed by atoms with Crippen LogP contribution in [0, 0.1) is 0 Å². The summed E-state index contributed by atoms with van der Waals surface area (Å²) in [6.07, 6.45) is 4.64. The van der Waals surface area contributed by atoms with Crippen molar-refractivity contribution in [3.05, 3.63) is 53.6 Å². The fourth-order valence-electron chi connectivity index (χ4n) is 1.06. The molecule has 0 radical (unpaired) electrons. The molecular formula is C12H12O2. The zero-order chi connectivity index (χ0) is 10.4. The Balaban J connectivity index is 2.74. The fourth-order valence-corrected chi connectivity index (χ4v) is 1.06. The van der Waals surface area contributed by atoms with Crippen molar-refractivity contribution in [3.8, 4) is 0 Å². The molecule has 1 rings (SSSR count). The number of carboxylic acids is 1. The minimum Gasteiger partial charge on any atom is -0.478 e. The van der Waals surface area contributed by atoms with E-state index >= 15 is 0 Å². The van der Waals surface area contributed by atoms with E-state index in [0.717, 1.165) is 17.2 Å². The predicted octanol–water partition coefficient (Wildman–Crippen LogP) is 2.73. The Morgan fingerprint density at radius 3 is 2.43 bits per heavy atom. The lowest BCUT2D eigenvalue weighted by Crippen LogP contribution is -1.85. The van der Waals surface area contributed by atoms with Crippen LogP contribution in [0.5, 0.6) is 0 Å². The lowest BCUT2D eigenvalue weighted by Gasteiger charge is -1.93. The maximum Gasteiger partial charge on any atom is 0.328 e. The number of carbonyl (C=O) groups is 1. The van der Waals surface area contributed by atoms with E-state index in [9.17, 15) is 4.79 Å². The Morgan fingerprint density at radius 2 is 1.86 bits per heavy atom. The molecule has 2 nitrogen and oxygen atoms in total. The van der Waals surface area contributed by atoms with E-state index in [1.165, 1.54) is 0 Å². The van der Waals surface area contributed by atoms with Gasteiger partial charge in [0.1, 0.15) is 0 Å². The molecule has 1 aromatic rings. The van der Waals surface area contributed by atoms with Gasteiger partial charge >= 0.3 is 5.97 Å². The molecule has 1 N–H and O–H groups in total. The van der Waals surface area contributed by atoms with Gasteiger partial charge in [0.05, 0.1) is 0 Å². The van der Waals surface area contributed by atoms with Crippen LogP contribution in [0.1, 0.15) is 12.5 Å².